The molecule has 6 rings (SSSR count). The number of aromatic nitrogens is 8. The Kier molecular flexibility index (Phi) is 20.2. The van der Waals surface area contributed by atoms with Crippen molar-refractivity contribution in [2.75, 3.05) is 36.5 Å². The molecule has 0 aliphatic carbocycles. The van der Waals surface area contributed by atoms with Crippen molar-refractivity contribution in [3.63, 3.8) is 0 Å². The van der Waals surface area contributed by atoms with Gasteiger partial charge in [-0.15, -0.1) is 0 Å². The van der Waals surface area contributed by atoms with E-state index in [-0.39, 0.29) is 152 Å². The first-order chi connectivity index (χ1) is 24.7. The Hall–Kier alpha value is 1.10. The smallest absolute Gasteiger partial charge is 0.778 e. The molecule has 0 aromatic carbocycles. The van der Waals surface area contributed by atoms with Crippen LogP contribution < -0.4 is 149 Å². The maximum absolute atomic E-state index is 12.5. The minimum absolute atomic E-state index is 0. The van der Waals surface area contributed by atoms with Crippen molar-refractivity contribution in [2.24, 2.45) is 0 Å². The molecule has 6 heterocycles. The molecule has 292 valence electrons. The van der Waals surface area contributed by atoms with Crippen LogP contribution in [-0.2, 0) is 41.1 Å². The van der Waals surface area contributed by atoms with Crippen LogP contribution in [0.5, 0.6) is 0 Å². The van der Waals surface area contributed by atoms with Gasteiger partial charge >= 0.3 is 118 Å². The average Bonchev–Trinajstić information content (AvgIpc) is 3.80. The molecule has 0 saturated carbocycles. The number of ether oxygens (including phenoxy) is 2. The van der Waals surface area contributed by atoms with Crippen molar-refractivity contribution < 1.29 is 199 Å². The van der Waals surface area contributed by atoms with E-state index in [0.29, 0.717) is 0 Å². The summed E-state index contributed by atoms with van der Waals surface area (Å²) in [6.45, 7) is -2.14. The summed E-state index contributed by atoms with van der Waals surface area (Å²) < 4.78 is 76.3. The molecule has 2 saturated heterocycles. The Morgan fingerprint density at radius 2 is 0.947 bits per heavy atom. The van der Waals surface area contributed by atoms with Crippen LogP contribution in [-0.4, -0.2) is 121 Å². The van der Waals surface area contributed by atoms with Crippen LogP contribution >= 0.6 is 30.4 Å². The number of rotatable bonds is 14. The Morgan fingerprint density at radius 3 is 1.30 bits per heavy atom. The first kappa shape index (κ1) is 54.2. The second kappa shape index (κ2) is 21.2. The molecule has 57 heavy (non-hydrogen) atoms. The summed E-state index contributed by atoms with van der Waals surface area (Å²) in [6, 6.07) is 0. The third kappa shape index (κ3) is 12.6. The summed E-state index contributed by atoms with van der Waals surface area (Å²) in [5, 5.41) is 41.8. The maximum Gasteiger partial charge on any atom is 1.00 e. The zero-order valence-corrected chi connectivity index (χ0v) is 42.0. The van der Waals surface area contributed by atoms with Crippen molar-refractivity contribution in [1.82, 2.24) is 39.0 Å². The molecule has 12 atom stereocenters. The summed E-state index contributed by atoms with van der Waals surface area (Å²) >= 11 is 0. The van der Waals surface area contributed by atoms with E-state index in [2.05, 4.69) is 43.3 Å². The van der Waals surface area contributed by atoms with Crippen molar-refractivity contribution >= 4 is 64.3 Å². The van der Waals surface area contributed by atoms with Crippen LogP contribution in [0.3, 0.4) is 0 Å². The fourth-order valence-electron chi connectivity index (χ4n) is 5.43. The Labute approximate surface area is 408 Å². The molecule has 2 aliphatic heterocycles. The summed E-state index contributed by atoms with van der Waals surface area (Å²) in [5.41, 5.74) is 11.9. The van der Waals surface area contributed by atoms with Gasteiger partial charge in [-0.1, -0.05) is 0 Å². The molecule has 4 aromatic heterocycles. The van der Waals surface area contributed by atoms with E-state index in [4.69, 9.17) is 20.9 Å². The summed E-state index contributed by atoms with van der Waals surface area (Å²) in [7, 11) is -23.1. The fourth-order valence-corrected chi connectivity index (χ4v) is 13.1. The quantitative estimate of drug-likeness (QED) is 0.0505. The summed E-state index contributed by atoms with van der Waals surface area (Å²) in [6.07, 6.45) is -8.44. The van der Waals surface area contributed by atoms with Crippen LogP contribution in [0.2, 0.25) is 0 Å². The molecule has 4 unspecified atom stereocenters. The van der Waals surface area contributed by atoms with Crippen LogP contribution in [0.15, 0.2) is 25.3 Å². The van der Waals surface area contributed by atoms with Gasteiger partial charge in [0.05, 0.1) is 37.7 Å². The Balaban J connectivity index is 0.00000280. The van der Waals surface area contributed by atoms with Gasteiger partial charge in [0.15, 0.2) is 35.4 Å². The van der Waals surface area contributed by atoms with E-state index in [1.54, 1.807) is 0 Å². The maximum atomic E-state index is 12.5. The molecule has 4 aromatic rings. The SMILES string of the molecule is Nc1ncnc2c1ncn2[C@@H]1O[C@H](COP(=O)([O-])CP(=O)([O-])OP(=O)([O-])CP(=O)([O-])OC[C@H]2O[C@@H](n3cnc4c(N)ncnc43)[C@H](O)[C@@H]2O)[C@@H](O)[C@H]1O.[Na+].[Na+].[Na+].[Na+]. The zero-order chi connectivity index (χ0) is 38.7. The van der Waals surface area contributed by atoms with Crippen molar-refractivity contribution in [3.05, 3.63) is 25.3 Å². The fraction of sp³-hybridized carbons (Fsp3) is 0.545. The van der Waals surface area contributed by atoms with Crippen molar-refractivity contribution in [2.45, 2.75) is 49.1 Å². The predicted molar refractivity (Wildman–Crippen MR) is 164 cm³/mol. The third-order valence-corrected chi connectivity index (χ3v) is 16.4. The van der Waals surface area contributed by atoms with E-state index >= 15 is 0 Å². The topological polar surface area (TPSA) is 427 Å². The first-order valence-electron chi connectivity index (χ1n) is 14.8. The summed E-state index contributed by atoms with van der Waals surface area (Å²) in [4.78, 5) is 73.2. The number of hydrogen-bond donors (Lipinski definition) is 6. The number of anilines is 2. The van der Waals surface area contributed by atoms with Gasteiger partial charge in [0.25, 0.3) is 0 Å². The largest absolute Gasteiger partial charge is 1.00 e. The molecule has 0 amide bonds. The number of hydrogen-bond acceptors (Lipinski definition) is 25. The van der Waals surface area contributed by atoms with Crippen molar-refractivity contribution in [1.29, 1.82) is 0 Å². The number of fused-ring (bicyclic) bond motifs is 2. The Bertz CT molecular complexity index is 2060. The molecule has 0 radical (unpaired) electrons. The molecular weight excluding hydrogens is 892 g/mol. The number of nitrogens with two attached hydrogens (primary N) is 2. The molecule has 0 bridgehead atoms. The molecule has 35 heteroatoms. The second-order valence-corrected chi connectivity index (χ2v) is 20.0. The molecule has 0 spiro atoms. The molecule has 8 N–H and O–H groups in total. The number of nitrogens with zero attached hydrogens (tertiary/aromatic N) is 8. The molecule has 2 fully saturated rings. The van der Waals surface area contributed by atoms with Gasteiger partial charge in [-0.05, 0) is 0 Å². The van der Waals surface area contributed by atoms with Gasteiger partial charge in [-0.25, -0.2) is 29.9 Å². The van der Waals surface area contributed by atoms with E-state index in [1.807, 2.05) is 0 Å². The minimum atomic E-state index is -5.97. The average molecular weight is 920 g/mol. The predicted octanol–water partition coefficient (Wildman–Crippen LogP) is -16.7. The van der Waals surface area contributed by atoms with Crippen LogP contribution in [0.4, 0.5) is 11.6 Å². The van der Waals surface area contributed by atoms with E-state index in [0.717, 1.165) is 25.3 Å². The van der Waals surface area contributed by atoms with Gasteiger partial charge in [0, 0.05) is 0 Å². The van der Waals surface area contributed by atoms with Gasteiger partial charge in [-0.2, -0.15) is 0 Å². The molecular formula is C22H28N10Na4O17P4. The van der Waals surface area contributed by atoms with Crippen molar-refractivity contribution in [3.8, 4) is 0 Å². The number of imidazole rings is 2. The number of aliphatic hydroxyl groups excluding tert-OH is 4. The van der Waals surface area contributed by atoms with Crippen LogP contribution in [0, 0.1) is 0 Å². The van der Waals surface area contributed by atoms with Gasteiger partial charge < -0.3 is 88.2 Å². The van der Waals surface area contributed by atoms with Crippen LogP contribution in [0.1, 0.15) is 12.5 Å². The van der Waals surface area contributed by atoms with Gasteiger partial charge in [0.2, 0.25) is 0 Å². The zero-order valence-electron chi connectivity index (χ0n) is 30.4. The minimum Gasteiger partial charge on any atom is -0.778 e. The van der Waals surface area contributed by atoms with E-state index < -0.39 is 104 Å². The monoisotopic (exact) mass is 920 g/mol. The summed E-state index contributed by atoms with van der Waals surface area (Å²) in [5.74, 6) is -4.20. The second-order valence-electron chi connectivity index (χ2n) is 11.7. The third-order valence-electron chi connectivity index (χ3n) is 7.81. The normalized spacial score (nSPS) is 28.8. The number of nitrogen functional groups attached to an aromatic ring is 2. The number of aliphatic hydroxyl groups is 4. The molecule has 2 aliphatic rings. The van der Waals surface area contributed by atoms with Gasteiger partial charge in [0.1, 0.15) is 90.7 Å². The van der Waals surface area contributed by atoms with E-state index in [9.17, 15) is 58.3 Å². The van der Waals surface area contributed by atoms with Crippen LogP contribution in [0.25, 0.3) is 22.3 Å². The van der Waals surface area contributed by atoms with E-state index in [1.165, 1.54) is 9.13 Å². The Morgan fingerprint density at radius 1 is 0.596 bits per heavy atom. The molecule has 27 nitrogen and oxygen atoms in total. The van der Waals surface area contributed by atoms with Gasteiger partial charge in [-0.3, -0.25) is 13.4 Å². The standard InChI is InChI=1S/C22H32N10O17P4.4Na/c23-17-11-19(27-3-25-17)31(5-29-11)21-15(35)13(33)9(47-21)1-45-50(37,38)7-52(41,42)49-53(43,44)8-51(39,40)46-2-10-14(34)16(36)22(48-10)32-6-30-12-18(24)26-4-28-20(12)32;;;;/h3-6,9-10,13-16,21-22,33-36H,1-2,7-8H2,(H,37,38)(H,39,40)(H,41,42)(H,43,44)(H2,23,25,27)(H2,24,26,28);;;;/q;4*+1/p-4/t9-,10-,13-,14-,15-,16-,21-,22-;;;;/m1..../s1. The first-order valence-corrected chi connectivity index (χ1v) is 21.7.